The Hall–Kier alpha value is -0.870. The van der Waals surface area contributed by atoms with Gasteiger partial charge in [-0.3, -0.25) is 0 Å². The summed E-state index contributed by atoms with van der Waals surface area (Å²) in [5, 5.41) is 3.36. The lowest BCUT2D eigenvalue weighted by atomic mass is 9.99. The summed E-state index contributed by atoms with van der Waals surface area (Å²) in [6.45, 7) is 8.08. The highest BCUT2D eigenvalue weighted by Crippen LogP contribution is 2.16. The molecule has 1 unspecified atom stereocenters. The van der Waals surface area contributed by atoms with Crippen molar-refractivity contribution in [1.82, 2.24) is 14.9 Å². The molecule has 0 radical (unpaired) electrons. The van der Waals surface area contributed by atoms with E-state index >= 15 is 0 Å². The van der Waals surface area contributed by atoms with Gasteiger partial charge in [-0.25, -0.2) is 4.98 Å². The molecule has 0 saturated carbocycles. The van der Waals surface area contributed by atoms with E-state index in [2.05, 4.69) is 34.9 Å². The van der Waals surface area contributed by atoms with Crippen LogP contribution in [0.15, 0.2) is 12.4 Å². The monoisotopic (exact) mass is 267 g/mol. The predicted molar refractivity (Wildman–Crippen MR) is 79.1 cm³/mol. The minimum absolute atomic E-state index is 0.745. The quantitative estimate of drug-likeness (QED) is 0.627. The van der Waals surface area contributed by atoms with Crippen LogP contribution in [0.1, 0.15) is 45.4 Å². The van der Waals surface area contributed by atoms with E-state index in [0.29, 0.717) is 0 Å². The number of unbranched alkanes of at least 4 members (excludes halogenated alkanes) is 1. The Morgan fingerprint density at radius 3 is 2.95 bits per heavy atom. The highest BCUT2D eigenvalue weighted by molar-refractivity contribution is 4.92. The Labute approximate surface area is 117 Å². The summed E-state index contributed by atoms with van der Waals surface area (Å²) in [4.78, 5) is 4.44. The topological polar surface area (TPSA) is 39.1 Å². The Morgan fingerprint density at radius 2 is 2.26 bits per heavy atom. The highest BCUT2D eigenvalue weighted by Gasteiger charge is 2.09. The number of hydrogen-bond donors (Lipinski definition) is 1. The van der Waals surface area contributed by atoms with Gasteiger partial charge in [0.2, 0.25) is 0 Å². The summed E-state index contributed by atoms with van der Waals surface area (Å²) >= 11 is 0. The second-order valence-electron chi connectivity index (χ2n) is 5.08. The van der Waals surface area contributed by atoms with Gasteiger partial charge < -0.3 is 14.6 Å². The van der Waals surface area contributed by atoms with Crippen LogP contribution in [0.4, 0.5) is 0 Å². The SMILES string of the molecule is CCCCC(CC)Cn1ccnc1CNCCOC. The fraction of sp³-hybridized carbons (Fsp3) is 0.800. The molecule has 4 nitrogen and oxygen atoms in total. The molecule has 0 aliphatic carbocycles. The minimum Gasteiger partial charge on any atom is -0.383 e. The second-order valence-corrected chi connectivity index (χ2v) is 5.08. The molecule has 0 aliphatic rings. The third-order valence-electron chi connectivity index (χ3n) is 3.57. The van der Waals surface area contributed by atoms with E-state index in [4.69, 9.17) is 4.74 Å². The van der Waals surface area contributed by atoms with E-state index in [9.17, 15) is 0 Å². The smallest absolute Gasteiger partial charge is 0.122 e. The minimum atomic E-state index is 0.745. The van der Waals surface area contributed by atoms with Crippen molar-refractivity contribution in [2.24, 2.45) is 5.92 Å². The van der Waals surface area contributed by atoms with Crippen molar-refractivity contribution < 1.29 is 4.74 Å². The molecule has 0 amide bonds. The van der Waals surface area contributed by atoms with Gasteiger partial charge in [0.25, 0.3) is 0 Å². The Kier molecular flexibility index (Phi) is 8.50. The summed E-state index contributed by atoms with van der Waals surface area (Å²) < 4.78 is 7.32. The molecule has 19 heavy (non-hydrogen) atoms. The van der Waals surface area contributed by atoms with Crippen LogP contribution >= 0.6 is 0 Å². The van der Waals surface area contributed by atoms with Crippen LogP contribution in [-0.4, -0.2) is 29.8 Å². The molecular formula is C15H29N3O. The molecule has 1 rings (SSSR count). The van der Waals surface area contributed by atoms with E-state index in [0.717, 1.165) is 38.0 Å². The predicted octanol–water partition coefficient (Wildman–Crippen LogP) is 2.84. The molecule has 0 spiro atoms. The molecule has 0 aliphatic heterocycles. The number of nitrogens with one attached hydrogen (secondary N) is 1. The largest absolute Gasteiger partial charge is 0.383 e. The first-order chi connectivity index (χ1) is 9.31. The van der Waals surface area contributed by atoms with Crippen molar-refractivity contribution >= 4 is 0 Å². The van der Waals surface area contributed by atoms with Crippen molar-refractivity contribution in [1.29, 1.82) is 0 Å². The molecule has 1 aromatic heterocycles. The number of nitrogens with zero attached hydrogens (tertiary/aromatic N) is 2. The standard InChI is InChI=1S/C15H29N3O/c1-4-6-7-14(5-2)13-18-10-8-17-15(18)12-16-9-11-19-3/h8,10,14,16H,4-7,9,11-13H2,1-3H3. The molecule has 0 aromatic carbocycles. The van der Waals surface area contributed by atoms with Gasteiger partial charge >= 0.3 is 0 Å². The van der Waals surface area contributed by atoms with Crippen LogP contribution in [0.2, 0.25) is 0 Å². The fourth-order valence-electron chi connectivity index (χ4n) is 2.24. The third-order valence-corrected chi connectivity index (χ3v) is 3.57. The van der Waals surface area contributed by atoms with Crippen LogP contribution < -0.4 is 5.32 Å². The molecule has 110 valence electrons. The molecule has 1 N–H and O–H groups in total. The van der Waals surface area contributed by atoms with E-state index in [1.165, 1.54) is 25.7 Å². The molecule has 4 heteroatoms. The summed E-state index contributed by atoms with van der Waals surface area (Å²) in [5.41, 5.74) is 0. The molecular weight excluding hydrogens is 238 g/mol. The van der Waals surface area contributed by atoms with Crippen molar-refractivity contribution in [3.05, 3.63) is 18.2 Å². The van der Waals surface area contributed by atoms with Crippen LogP contribution in [0.25, 0.3) is 0 Å². The molecule has 0 saturated heterocycles. The zero-order valence-corrected chi connectivity index (χ0v) is 12.7. The molecule has 1 atom stereocenters. The lowest BCUT2D eigenvalue weighted by Gasteiger charge is -2.17. The summed E-state index contributed by atoms with van der Waals surface area (Å²) in [5.74, 6) is 1.90. The maximum Gasteiger partial charge on any atom is 0.122 e. The van der Waals surface area contributed by atoms with Crippen LogP contribution in [0.5, 0.6) is 0 Å². The van der Waals surface area contributed by atoms with E-state index in [1.807, 2.05) is 6.20 Å². The number of aromatic nitrogens is 2. The summed E-state index contributed by atoms with van der Waals surface area (Å²) in [6, 6.07) is 0. The third kappa shape index (κ3) is 6.21. The molecule has 1 heterocycles. The van der Waals surface area contributed by atoms with Gasteiger partial charge in [0.05, 0.1) is 13.2 Å². The van der Waals surface area contributed by atoms with Crippen LogP contribution in [0.3, 0.4) is 0 Å². The first kappa shape index (κ1) is 16.2. The highest BCUT2D eigenvalue weighted by atomic mass is 16.5. The van der Waals surface area contributed by atoms with Gasteiger partial charge in [-0.05, 0) is 12.3 Å². The zero-order chi connectivity index (χ0) is 13.9. The lowest BCUT2D eigenvalue weighted by molar-refractivity contribution is 0.198. The van der Waals surface area contributed by atoms with Gasteiger partial charge in [-0.2, -0.15) is 0 Å². The average Bonchev–Trinajstić information content (AvgIpc) is 2.87. The number of ether oxygens (including phenoxy) is 1. The number of hydrogen-bond acceptors (Lipinski definition) is 3. The molecule has 0 fully saturated rings. The number of rotatable bonds is 11. The summed E-state index contributed by atoms with van der Waals surface area (Å²) in [6.07, 6.45) is 9.18. The van der Waals surface area contributed by atoms with E-state index in [1.54, 1.807) is 7.11 Å². The maximum atomic E-state index is 5.03. The van der Waals surface area contributed by atoms with Gasteiger partial charge in [0.15, 0.2) is 0 Å². The van der Waals surface area contributed by atoms with Crippen molar-refractivity contribution in [3.63, 3.8) is 0 Å². The van der Waals surface area contributed by atoms with Gasteiger partial charge in [0, 0.05) is 32.6 Å². The number of methoxy groups -OCH3 is 1. The van der Waals surface area contributed by atoms with Crippen LogP contribution in [-0.2, 0) is 17.8 Å². The Bertz CT molecular complexity index is 325. The summed E-state index contributed by atoms with van der Waals surface area (Å²) in [7, 11) is 1.72. The van der Waals surface area contributed by atoms with Gasteiger partial charge in [0.1, 0.15) is 5.82 Å². The van der Waals surface area contributed by atoms with Crippen molar-refractivity contribution in [3.8, 4) is 0 Å². The average molecular weight is 267 g/mol. The Morgan fingerprint density at radius 1 is 1.42 bits per heavy atom. The van der Waals surface area contributed by atoms with Crippen molar-refractivity contribution in [2.45, 2.75) is 52.6 Å². The molecule has 0 bridgehead atoms. The van der Waals surface area contributed by atoms with E-state index in [-0.39, 0.29) is 0 Å². The van der Waals surface area contributed by atoms with E-state index < -0.39 is 0 Å². The number of imidazole rings is 1. The fourth-order valence-corrected chi connectivity index (χ4v) is 2.24. The van der Waals surface area contributed by atoms with Crippen molar-refractivity contribution in [2.75, 3.05) is 20.3 Å². The zero-order valence-electron chi connectivity index (χ0n) is 12.7. The second kappa shape index (κ2) is 9.98. The van der Waals surface area contributed by atoms with Gasteiger partial charge in [-0.1, -0.05) is 33.1 Å². The maximum absolute atomic E-state index is 5.03. The van der Waals surface area contributed by atoms with Gasteiger partial charge in [-0.15, -0.1) is 0 Å². The molecule has 1 aromatic rings. The first-order valence-electron chi connectivity index (χ1n) is 7.51. The first-order valence-corrected chi connectivity index (χ1v) is 7.51. The van der Waals surface area contributed by atoms with Crippen LogP contribution in [0, 0.1) is 5.92 Å². The normalized spacial score (nSPS) is 12.8. The Balaban J connectivity index is 2.41. The lowest BCUT2D eigenvalue weighted by Crippen LogP contribution is -2.22.